The van der Waals surface area contributed by atoms with Gasteiger partial charge in [-0.25, -0.2) is 10.0 Å². The van der Waals surface area contributed by atoms with Crippen LogP contribution in [0.3, 0.4) is 0 Å². The molecule has 4 rings (SSSR count). The van der Waals surface area contributed by atoms with Crippen molar-refractivity contribution >= 4 is 17.4 Å². The van der Waals surface area contributed by atoms with E-state index in [-0.39, 0.29) is 29.2 Å². The number of hydrogen-bond acceptors (Lipinski definition) is 6. The highest BCUT2D eigenvalue weighted by Crippen LogP contribution is 2.48. The first-order valence-corrected chi connectivity index (χ1v) is 9.93. The number of para-hydroxylation sites is 1. The Kier molecular flexibility index (Phi) is 5.00. The summed E-state index contributed by atoms with van der Waals surface area (Å²) in [5.74, 6) is -0.732. The maximum Gasteiger partial charge on any atom is 0.273 e. The monoisotopic (exact) mass is 399 g/mol. The molecule has 8 nitrogen and oxygen atoms in total. The average molecular weight is 399 g/mol. The van der Waals surface area contributed by atoms with E-state index < -0.39 is 10.8 Å². The summed E-state index contributed by atoms with van der Waals surface area (Å²) < 4.78 is 5.42. The highest BCUT2D eigenvalue weighted by atomic mass is 16.6. The lowest BCUT2D eigenvalue weighted by atomic mass is 9.69. The number of hydrazine groups is 1. The standard InChI is InChI=1S/C21H25N3O5/c1-21(2)12-17-20(18(25)13-21)15(14-5-3-4-6-16(14)24(27)28)11-19(26)23(17)22-7-9-29-10-8-22/h3-6,15H,7-13H2,1-2H3. The van der Waals surface area contributed by atoms with Crippen LogP contribution in [0.15, 0.2) is 35.5 Å². The SMILES string of the molecule is CC1(C)CC(=O)C2=C(C1)N(N1CCOCC1)C(=O)CC2c1ccccc1[N+](=O)[O-]. The predicted octanol–water partition coefficient (Wildman–Crippen LogP) is 2.80. The molecule has 0 saturated carbocycles. The minimum atomic E-state index is -0.583. The number of carbonyl (C=O) groups is 2. The van der Waals surface area contributed by atoms with Crippen molar-refractivity contribution < 1.29 is 19.2 Å². The molecule has 0 N–H and O–H groups in total. The molecule has 2 aliphatic heterocycles. The van der Waals surface area contributed by atoms with E-state index in [1.807, 2.05) is 18.9 Å². The first-order chi connectivity index (χ1) is 13.8. The number of carbonyl (C=O) groups excluding carboxylic acids is 2. The van der Waals surface area contributed by atoms with Gasteiger partial charge in [-0.3, -0.25) is 19.7 Å². The van der Waals surface area contributed by atoms with Crippen molar-refractivity contribution in [2.24, 2.45) is 5.41 Å². The molecule has 0 aromatic heterocycles. The van der Waals surface area contributed by atoms with Gasteiger partial charge in [0.15, 0.2) is 5.78 Å². The summed E-state index contributed by atoms with van der Waals surface area (Å²) in [7, 11) is 0. The summed E-state index contributed by atoms with van der Waals surface area (Å²) in [5.41, 5.74) is 1.38. The number of rotatable bonds is 3. The van der Waals surface area contributed by atoms with E-state index in [0.29, 0.717) is 56.0 Å². The average Bonchev–Trinajstić information content (AvgIpc) is 2.67. The fourth-order valence-corrected chi connectivity index (χ4v) is 4.70. The summed E-state index contributed by atoms with van der Waals surface area (Å²) in [4.78, 5) is 37.6. The largest absolute Gasteiger partial charge is 0.379 e. The maximum absolute atomic E-state index is 13.3. The smallest absolute Gasteiger partial charge is 0.273 e. The van der Waals surface area contributed by atoms with Crippen LogP contribution in [-0.2, 0) is 14.3 Å². The zero-order chi connectivity index (χ0) is 20.8. The van der Waals surface area contributed by atoms with Gasteiger partial charge in [0.25, 0.3) is 5.69 Å². The third-order valence-electron chi connectivity index (χ3n) is 5.89. The van der Waals surface area contributed by atoms with Gasteiger partial charge in [0.05, 0.1) is 18.1 Å². The van der Waals surface area contributed by atoms with Crippen LogP contribution in [0.4, 0.5) is 5.69 Å². The van der Waals surface area contributed by atoms with Gasteiger partial charge in [-0.15, -0.1) is 0 Å². The van der Waals surface area contributed by atoms with Crippen LogP contribution < -0.4 is 0 Å². The van der Waals surface area contributed by atoms with Gasteiger partial charge < -0.3 is 4.74 Å². The Bertz CT molecular complexity index is 901. The molecule has 0 spiro atoms. The third-order valence-corrected chi connectivity index (χ3v) is 5.89. The number of nitro groups is 1. The molecular weight excluding hydrogens is 374 g/mol. The number of benzene rings is 1. The lowest BCUT2D eigenvalue weighted by molar-refractivity contribution is -0.385. The molecule has 1 aromatic carbocycles. The van der Waals surface area contributed by atoms with Crippen LogP contribution in [0.1, 0.15) is 44.6 Å². The number of amides is 1. The summed E-state index contributed by atoms with van der Waals surface area (Å²) in [6.45, 7) is 6.24. The van der Waals surface area contributed by atoms with Crippen molar-refractivity contribution in [2.45, 2.75) is 39.0 Å². The number of allylic oxidation sites excluding steroid dienone is 2. The molecule has 1 atom stereocenters. The van der Waals surface area contributed by atoms with Crippen molar-refractivity contribution in [1.82, 2.24) is 10.0 Å². The second-order valence-corrected chi connectivity index (χ2v) is 8.65. The zero-order valence-corrected chi connectivity index (χ0v) is 16.7. The molecule has 1 fully saturated rings. The topological polar surface area (TPSA) is 93.0 Å². The minimum Gasteiger partial charge on any atom is -0.379 e. The van der Waals surface area contributed by atoms with Gasteiger partial charge in [0.1, 0.15) is 0 Å². The van der Waals surface area contributed by atoms with Crippen molar-refractivity contribution in [3.05, 3.63) is 51.2 Å². The summed E-state index contributed by atoms with van der Waals surface area (Å²) in [6.07, 6.45) is 0.996. The van der Waals surface area contributed by atoms with Gasteiger partial charge in [0, 0.05) is 54.7 Å². The fraction of sp³-hybridized carbons (Fsp3) is 0.524. The van der Waals surface area contributed by atoms with Gasteiger partial charge >= 0.3 is 0 Å². The Balaban J connectivity index is 1.86. The maximum atomic E-state index is 13.3. The molecule has 1 unspecified atom stereocenters. The lowest BCUT2D eigenvalue weighted by Gasteiger charge is -2.47. The number of nitro benzene ring substituents is 1. The number of hydrogen-bond donors (Lipinski definition) is 0. The van der Waals surface area contributed by atoms with Crippen LogP contribution in [0, 0.1) is 15.5 Å². The molecule has 1 aromatic rings. The Labute approximate surface area is 169 Å². The fourth-order valence-electron chi connectivity index (χ4n) is 4.70. The van der Waals surface area contributed by atoms with Crippen molar-refractivity contribution in [1.29, 1.82) is 0 Å². The quantitative estimate of drug-likeness (QED) is 0.573. The van der Waals surface area contributed by atoms with Crippen LogP contribution >= 0.6 is 0 Å². The first kappa shape index (κ1) is 19.7. The van der Waals surface area contributed by atoms with Crippen molar-refractivity contribution in [2.75, 3.05) is 26.3 Å². The van der Waals surface area contributed by atoms with Crippen LogP contribution in [0.5, 0.6) is 0 Å². The number of ether oxygens (including phenoxy) is 1. The molecule has 1 aliphatic carbocycles. The van der Waals surface area contributed by atoms with E-state index in [1.54, 1.807) is 23.2 Å². The number of nitrogens with zero attached hydrogens (tertiary/aromatic N) is 3. The normalized spacial score (nSPS) is 25.2. The molecule has 1 amide bonds. The summed E-state index contributed by atoms with van der Waals surface area (Å²) in [6, 6.07) is 6.43. The third kappa shape index (κ3) is 3.58. The summed E-state index contributed by atoms with van der Waals surface area (Å²) in [5, 5.41) is 15.2. The number of morpholine rings is 1. The Morgan fingerprint density at radius 3 is 2.52 bits per heavy atom. The lowest BCUT2D eigenvalue weighted by Crippen LogP contribution is -2.55. The Hall–Kier alpha value is -2.58. The van der Waals surface area contributed by atoms with E-state index in [2.05, 4.69) is 0 Å². The molecule has 3 aliphatic rings. The van der Waals surface area contributed by atoms with Crippen molar-refractivity contribution in [3.63, 3.8) is 0 Å². The van der Waals surface area contributed by atoms with Crippen LogP contribution in [-0.4, -0.2) is 52.9 Å². The molecule has 8 heteroatoms. The van der Waals surface area contributed by atoms with Gasteiger partial charge in [-0.1, -0.05) is 32.0 Å². The second kappa shape index (κ2) is 7.35. The highest BCUT2D eigenvalue weighted by molar-refractivity contribution is 6.02. The van der Waals surface area contributed by atoms with Crippen LogP contribution in [0.25, 0.3) is 0 Å². The highest BCUT2D eigenvalue weighted by Gasteiger charge is 2.46. The zero-order valence-electron chi connectivity index (χ0n) is 16.7. The Morgan fingerprint density at radius 1 is 1.14 bits per heavy atom. The predicted molar refractivity (Wildman–Crippen MR) is 105 cm³/mol. The van der Waals surface area contributed by atoms with Crippen LogP contribution in [0.2, 0.25) is 0 Å². The molecular formula is C21H25N3O5. The van der Waals surface area contributed by atoms with Gasteiger partial charge in [0.2, 0.25) is 5.91 Å². The van der Waals surface area contributed by atoms with E-state index in [1.165, 1.54) is 6.07 Å². The summed E-state index contributed by atoms with van der Waals surface area (Å²) >= 11 is 0. The molecule has 0 radical (unpaired) electrons. The number of ketones is 1. The molecule has 1 saturated heterocycles. The Morgan fingerprint density at radius 2 is 1.83 bits per heavy atom. The van der Waals surface area contributed by atoms with E-state index in [4.69, 9.17) is 4.74 Å². The van der Waals surface area contributed by atoms with E-state index in [0.717, 1.165) is 0 Å². The van der Waals surface area contributed by atoms with E-state index >= 15 is 0 Å². The number of Topliss-reactive ketones (excluding diaryl/α,β-unsaturated/α-hetero) is 1. The molecule has 2 heterocycles. The molecule has 0 bridgehead atoms. The van der Waals surface area contributed by atoms with Gasteiger partial charge in [-0.05, 0) is 11.8 Å². The van der Waals surface area contributed by atoms with Crippen molar-refractivity contribution in [3.8, 4) is 0 Å². The molecule has 29 heavy (non-hydrogen) atoms. The second-order valence-electron chi connectivity index (χ2n) is 8.65. The van der Waals surface area contributed by atoms with E-state index in [9.17, 15) is 19.7 Å². The molecule has 154 valence electrons. The van der Waals surface area contributed by atoms with Gasteiger partial charge in [-0.2, -0.15) is 0 Å². The first-order valence-electron chi connectivity index (χ1n) is 9.93. The minimum absolute atomic E-state index is 0.0230.